The number of ether oxygens (including phenoxy) is 1. The molecule has 1 fully saturated rings. The van der Waals surface area contributed by atoms with Gasteiger partial charge in [-0.25, -0.2) is 8.78 Å². The summed E-state index contributed by atoms with van der Waals surface area (Å²) in [5.41, 5.74) is 0.136. The summed E-state index contributed by atoms with van der Waals surface area (Å²) in [6, 6.07) is 3.99. The van der Waals surface area contributed by atoms with Crippen molar-refractivity contribution in [3.05, 3.63) is 35.4 Å². The second-order valence-electron chi connectivity index (χ2n) is 5.23. The average molecular weight is 269 g/mol. The Hall–Kier alpha value is -1.00. The molecule has 4 heteroatoms. The van der Waals surface area contributed by atoms with Crippen molar-refractivity contribution in [2.24, 2.45) is 0 Å². The van der Waals surface area contributed by atoms with Crippen LogP contribution in [0.3, 0.4) is 0 Å². The molecule has 0 aliphatic heterocycles. The van der Waals surface area contributed by atoms with Crippen molar-refractivity contribution >= 4 is 0 Å². The van der Waals surface area contributed by atoms with Crippen molar-refractivity contribution < 1.29 is 13.5 Å². The van der Waals surface area contributed by atoms with Crippen LogP contribution in [0.1, 0.15) is 44.2 Å². The lowest BCUT2D eigenvalue weighted by atomic mass is 9.92. The van der Waals surface area contributed by atoms with E-state index in [0.717, 1.165) is 25.7 Å². The lowest BCUT2D eigenvalue weighted by Gasteiger charge is -2.30. The quantitative estimate of drug-likeness (QED) is 0.902. The summed E-state index contributed by atoms with van der Waals surface area (Å²) in [5, 5.41) is 3.33. The van der Waals surface area contributed by atoms with Gasteiger partial charge in [0.1, 0.15) is 11.6 Å². The van der Waals surface area contributed by atoms with E-state index < -0.39 is 11.6 Å². The van der Waals surface area contributed by atoms with Gasteiger partial charge in [-0.3, -0.25) is 0 Å². The summed E-state index contributed by atoms with van der Waals surface area (Å²) in [5.74, 6) is -0.962. The monoisotopic (exact) mass is 269 g/mol. The van der Waals surface area contributed by atoms with Crippen LogP contribution in [0, 0.1) is 11.6 Å². The summed E-state index contributed by atoms with van der Waals surface area (Å²) in [6.07, 6.45) is 4.30. The molecule has 1 aromatic carbocycles. The number of halogens is 2. The Morgan fingerprint density at radius 3 is 2.26 bits per heavy atom. The van der Waals surface area contributed by atoms with Crippen molar-refractivity contribution in [2.45, 2.75) is 50.8 Å². The largest absolute Gasteiger partial charge is 0.381 e. The molecule has 106 valence electrons. The first-order valence-electron chi connectivity index (χ1n) is 6.84. The van der Waals surface area contributed by atoms with E-state index >= 15 is 0 Å². The van der Waals surface area contributed by atoms with E-state index in [1.165, 1.54) is 18.2 Å². The minimum atomic E-state index is -0.481. The Morgan fingerprint density at radius 1 is 1.16 bits per heavy atom. The molecule has 0 amide bonds. The van der Waals surface area contributed by atoms with Crippen molar-refractivity contribution in [3.63, 3.8) is 0 Å². The Morgan fingerprint density at radius 2 is 1.74 bits per heavy atom. The first-order valence-corrected chi connectivity index (χ1v) is 6.84. The molecule has 0 spiro atoms. The van der Waals surface area contributed by atoms with Gasteiger partial charge in [0.15, 0.2) is 0 Å². The summed E-state index contributed by atoms with van der Waals surface area (Å²) >= 11 is 0. The first-order chi connectivity index (χ1) is 9.11. The molecule has 0 radical (unpaired) electrons. The van der Waals surface area contributed by atoms with Gasteiger partial charge in [0.05, 0.1) is 6.10 Å². The van der Waals surface area contributed by atoms with E-state index in [-0.39, 0.29) is 11.6 Å². The molecule has 1 unspecified atom stereocenters. The average Bonchev–Trinajstić information content (AvgIpc) is 2.39. The van der Waals surface area contributed by atoms with Gasteiger partial charge in [0.25, 0.3) is 0 Å². The Kier molecular flexibility index (Phi) is 4.88. The summed E-state index contributed by atoms with van der Waals surface area (Å²) in [6.45, 7) is 1.81. The maximum atomic E-state index is 13.7. The summed E-state index contributed by atoms with van der Waals surface area (Å²) in [4.78, 5) is 0. The fourth-order valence-corrected chi connectivity index (χ4v) is 2.83. The van der Waals surface area contributed by atoms with Crippen LogP contribution in [0.5, 0.6) is 0 Å². The van der Waals surface area contributed by atoms with Gasteiger partial charge in [0.2, 0.25) is 0 Å². The minimum Gasteiger partial charge on any atom is -0.381 e. The molecule has 2 rings (SSSR count). The van der Waals surface area contributed by atoms with Crippen LogP contribution in [0.4, 0.5) is 8.78 Å². The zero-order valence-corrected chi connectivity index (χ0v) is 11.5. The number of hydrogen-bond donors (Lipinski definition) is 1. The van der Waals surface area contributed by atoms with Crippen LogP contribution in [-0.4, -0.2) is 19.3 Å². The molecule has 1 atom stereocenters. The highest BCUT2D eigenvalue weighted by Crippen LogP contribution is 2.25. The van der Waals surface area contributed by atoms with Gasteiger partial charge in [-0.1, -0.05) is 6.07 Å². The third-order valence-electron chi connectivity index (χ3n) is 3.93. The van der Waals surface area contributed by atoms with Crippen LogP contribution in [0.15, 0.2) is 18.2 Å². The van der Waals surface area contributed by atoms with Crippen molar-refractivity contribution in [3.8, 4) is 0 Å². The predicted octanol–water partition coefficient (Wildman–Crippen LogP) is 3.57. The number of methoxy groups -OCH3 is 1. The normalized spacial score (nSPS) is 25.3. The number of benzene rings is 1. The van der Waals surface area contributed by atoms with Gasteiger partial charge >= 0.3 is 0 Å². The number of nitrogens with one attached hydrogen (secondary N) is 1. The second-order valence-corrected chi connectivity index (χ2v) is 5.23. The molecular weight excluding hydrogens is 248 g/mol. The Bertz CT molecular complexity index is 396. The zero-order chi connectivity index (χ0) is 13.8. The third kappa shape index (κ3) is 3.51. The Labute approximate surface area is 113 Å². The topological polar surface area (TPSA) is 21.3 Å². The van der Waals surface area contributed by atoms with Crippen LogP contribution in [0.25, 0.3) is 0 Å². The predicted molar refractivity (Wildman–Crippen MR) is 71.0 cm³/mol. The molecule has 1 aromatic rings. The molecule has 1 saturated carbocycles. The van der Waals surface area contributed by atoms with E-state index in [0.29, 0.717) is 12.1 Å². The molecule has 0 heterocycles. The minimum absolute atomic E-state index is 0.136. The summed E-state index contributed by atoms with van der Waals surface area (Å²) < 4.78 is 32.7. The van der Waals surface area contributed by atoms with E-state index in [9.17, 15) is 8.78 Å². The number of hydrogen-bond acceptors (Lipinski definition) is 2. The second kappa shape index (κ2) is 6.44. The standard InChI is InChI=1S/C15H21F2NO/c1-10(15-13(16)4-3-5-14(15)17)18-11-6-8-12(19-2)9-7-11/h3-5,10-12,18H,6-9H2,1-2H3. The van der Waals surface area contributed by atoms with Gasteiger partial charge in [0, 0.05) is 24.8 Å². The molecule has 19 heavy (non-hydrogen) atoms. The maximum absolute atomic E-state index is 13.7. The molecular formula is C15H21F2NO. The fraction of sp³-hybridized carbons (Fsp3) is 0.600. The van der Waals surface area contributed by atoms with Crippen LogP contribution >= 0.6 is 0 Å². The smallest absolute Gasteiger partial charge is 0.130 e. The van der Waals surface area contributed by atoms with Gasteiger partial charge < -0.3 is 10.1 Å². The Balaban J connectivity index is 1.96. The van der Waals surface area contributed by atoms with Crippen molar-refractivity contribution in [1.82, 2.24) is 5.32 Å². The van der Waals surface area contributed by atoms with E-state index in [1.807, 2.05) is 6.92 Å². The van der Waals surface area contributed by atoms with Crippen LogP contribution in [0.2, 0.25) is 0 Å². The zero-order valence-electron chi connectivity index (χ0n) is 11.5. The highest BCUT2D eigenvalue weighted by atomic mass is 19.1. The lowest BCUT2D eigenvalue weighted by Crippen LogP contribution is -2.37. The third-order valence-corrected chi connectivity index (χ3v) is 3.93. The highest BCUT2D eigenvalue weighted by Gasteiger charge is 2.24. The highest BCUT2D eigenvalue weighted by molar-refractivity contribution is 5.22. The number of rotatable bonds is 4. The fourth-order valence-electron chi connectivity index (χ4n) is 2.83. The van der Waals surface area contributed by atoms with Gasteiger partial charge in [-0.15, -0.1) is 0 Å². The van der Waals surface area contributed by atoms with Gasteiger partial charge in [-0.2, -0.15) is 0 Å². The molecule has 1 N–H and O–H groups in total. The van der Waals surface area contributed by atoms with Crippen LogP contribution < -0.4 is 5.32 Å². The van der Waals surface area contributed by atoms with E-state index in [2.05, 4.69) is 5.32 Å². The molecule has 0 bridgehead atoms. The molecule has 0 saturated heterocycles. The molecule has 2 nitrogen and oxygen atoms in total. The van der Waals surface area contributed by atoms with Crippen molar-refractivity contribution in [2.75, 3.05) is 7.11 Å². The molecule has 0 aromatic heterocycles. The van der Waals surface area contributed by atoms with E-state index in [1.54, 1.807) is 7.11 Å². The first kappa shape index (κ1) is 14.4. The van der Waals surface area contributed by atoms with E-state index in [4.69, 9.17) is 4.74 Å². The van der Waals surface area contributed by atoms with Crippen LogP contribution in [-0.2, 0) is 4.74 Å². The maximum Gasteiger partial charge on any atom is 0.130 e. The van der Waals surface area contributed by atoms with Gasteiger partial charge in [-0.05, 0) is 44.7 Å². The molecule has 1 aliphatic carbocycles. The van der Waals surface area contributed by atoms with Crippen molar-refractivity contribution in [1.29, 1.82) is 0 Å². The molecule has 1 aliphatic rings. The lowest BCUT2D eigenvalue weighted by molar-refractivity contribution is 0.0612. The summed E-state index contributed by atoms with van der Waals surface area (Å²) in [7, 11) is 1.73. The SMILES string of the molecule is COC1CCC(NC(C)c2c(F)cccc2F)CC1.